The molecule has 1 N–H and O–H groups in total. The number of nitrogens with zero attached hydrogens (tertiary/aromatic N) is 1. The van der Waals surface area contributed by atoms with Crippen molar-refractivity contribution >= 4 is 21.8 Å². The first-order valence-electron chi connectivity index (χ1n) is 5.36. The van der Waals surface area contributed by atoms with Crippen LogP contribution < -0.4 is 5.32 Å². The maximum atomic E-state index is 11.7. The Balaban J connectivity index is 1.84. The molecule has 1 aliphatic heterocycles. The summed E-state index contributed by atoms with van der Waals surface area (Å²) in [7, 11) is 0. The second kappa shape index (κ2) is 6.09. The zero-order valence-corrected chi connectivity index (χ0v) is 10.8. The summed E-state index contributed by atoms with van der Waals surface area (Å²) < 4.78 is 11.3. The van der Waals surface area contributed by atoms with Crippen LogP contribution in [0.4, 0.5) is 0 Å². The molecular formula is C11H13BrN2O3. The van der Waals surface area contributed by atoms with E-state index in [0.717, 1.165) is 0 Å². The fourth-order valence-corrected chi connectivity index (χ4v) is 1.83. The van der Waals surface area contributed by atoms with Crippen molar-refractivity contribution in [3.8, 4) is 0 Å². The summed E-state index contributed by atoms with van der Waals surface area (Å²) in [4.78, 5) is 15.8. The van der Waals surface area contributed by atoms with Crippen molar-refractivity contribution in [2.45, 2.75) is 6.10 Å². The Morgan fingerprint density at radius 2 is 2.41 bits per heavy atom. The van der Waals surface area contributed by atoms with Gasteiger partial charge in [-0.2, -0.15) is 0 Å². The quantitative estimate of drug-likeness (QED) is 0.846. The van der Waals surface area contributed by atoms with Gasteiger partial charge in [-0.25, -0.2) is 4.98 Å². The first-order valence-corrected chi connectivity index (χ1v) is 6.15. The molecule has 1 aromatic heterocycles. The highest BCUT2D eigenvalue weighted by atomic mass is 79.9. The molecule has 0 aromatic carbocycles. The first kappa shape index (κ1) is 12.5. The van der Waals surface area contributed by atoms with Gasteiger partial charge >= 0.3 is 0 Å². The van der Waals surface area contributed by atoms with Crippen molar-refractivity contribution in [3.63, 3.8) is 0 Å². The highest BCUT2D eigenvalue weighted by molar-refractivity contribution is 9.10. The number of aromatic nitrogens is 1. The molecule has 17 heavy (non-hydrogen) atoms. The Hall–Kier alpha value is -0.980. The summed E-state index contributed by atoms with van der Waals surface area (Å²) in [5.41, 5.74) is 0.385. The molecule has 1 saturated heterocycles. The van der Waals surface area contributed by atoms with E-state index in [1.165, 1.54) is 0 Å². The topological polar surface area (TPSA) is 60.5 Å². The van der Waals surface area contributed by atoms with Gasteiger partial charge in [0.25, 0.3) is 5.91 Å². The molecule has 0 saturated carbocycles. The number of pyridine rings is 1. The van der Waals surface area contributed by atoms with Gasteiger partial charge in [0.15, 0.2) is 0 Å². The molecule has 0 bridgehead atoms. The van der Waals surface area contributed by atoms with Gasteiger partial charge in [-0.05, 0) is 28.1 Å². The van der Waals surface area contributed by atoms with Crippen molar-refractivity contribution in [2.75, 3.05) is 26.4 Å². The minimum absolute atomic E-state index is 0.0696. The Morgan fingerprint density at radius 3 is 3.12 bits per heavy atom. The van der Waals surface area contributed by atoms with Gasteiger partial charge < -0.3 is 14.8 Å². The lowest BCUT2D eigenvalue weighted by molar-refractivity contribution is -0.0855. The zero-order valence-electron chi connectivity index (χ0n) is 9.19. The van der Waals surface area contributed by atoms with Crippen molar-refractivity contribution in [2.24, 2.45) is 0 Å². The van der Waals surface area contributed by atoms with E-state index in [1.807, 2.05) is 0 Å². The highest BCUT2D eigenvalue weighted by Crippen LogP contribution is 2.06. The molecule has 1 unspecified atom stereocenters. The first-order chi connectivity index (χ1) is 8.25. The Morgan fingerprint density at radius 1 is 1.53 bits per heavy atom. The maximum absolute atomic E-state index is 11.7. The molecule has 92 valence electrons. The average molecular weight is 301 g/mol. The lowest BCUT2D eigenvalue weighted by atomic mass is 10.3. The summed E-state index contributed by atoms with van der Waals surface area (Å²) in [6.07, 6.45) is -0.0696. The molecule has 1 aliphatic rings. The zero-order chi connectivity index (χ0) is 12.1. The number of amides is 1. The van der Waals surface area contributed by atoms with Gasteiger partial charge in [0.2, 0.25) is 0 Å². The van der Waals surface area contributed by atoms with Crippen LogP contribution >= 0.6 is 15.9 Å². The molecule has 2 rings (SSSR count). The fourth-order valence-electron chi connectivity index (χ4n) is 1.49. The number of ether oxygens (including phenoxy) is 2. The van der Waals surface area contributed by atoms with E-state index in [4.69, 9.17) is 9.47 Å². The molecule has 0 spiro atoms. The number of rotatable bonds is 3. The van der Waals surface area contributed by atoms with Crippen LogP contribution in [-0.4, -0.2) is 43.4 Å². The SMILES string of the molecule is O=C(NCC1COCCO1)c1cccc(Br)n1. The van der Waals surface area contributed by atoms with Crippen LogP contribution in [0.25, 0.3) is 0 Å². The molecular weight excluding hydrogens is 288 g/mol. The van der Waals surface area contributed by atoms with Crippen LogP contribution in [0, 0.1) is 0 Å². The molecule has 6 heteroatoms. The smallest absolute Gasteiger partial charge is 0.270 e. The third kappa shape index (κ3) is 3.76. The largest absolute Gasteiger partial charge is 0.376 e. The van der Waals surface area contributed by atoms with E-state index < -0.39 is 0 Å². The van der Waals surface area contributed by atoms with Crippen molar-refractivity contribution in [1.29, 1.82) is 0 Å². The predicted octanol–water partition coefficient (Wildman–Crippen LogP) is 0.989. The molecule has 0 radical (unpaired) electrons. The molecule has 0 aliphatic carbocycles. The molecule has 1 amide bonds. The lowest BCUT2D eigenvalue weighted by Crippen LogP contribution is -2.39. The van der Waals surface area contributed by atoms with Gasteiger partial charge in [-0.1, -0.05) is 6.07 Å². The molecule has 1 fully saturated rings. The van der Waals surface area contributed by atoms with E-state index in [9.17, 15) is 4.79 Å². The monoisotopic (exact) mass is 300 g/mol. The second-order valence-corrected chi connectivity index (χ2v) is 4.44. The van der Waals surface area contributed by atoms with Crippen LogP contribution in [0.3, 0.4) is 0 Å². The summed E-state index contributed by atoms with van der Waals surface area (Å²) in [5.74, 6) is -0.208. The van der Waals surface area contributed by atoms with Crippen molar-refractivity contribution in [1.82, 2.24) is 10.3 Å². The number of hydrogen-bond donors (Lipinski definition) is 1. The summed E-state index contributed by atoms with van der Waals surface area (Å²) in [6.45, 7) is 2.16. The molecule has 2 heterocycles. The maximum Gasteiger partial charge on any atom is 0.270 e. The van der Waals surface area contributed by atoms with E-state index in [1.54, 1.807) is 18.2 Å². The van der Waals surface area contributed by atoms with Crippen LogP contribution in [0.1, 0.15) is 10.5 Å². The normalized spacial score (nSPS) is 19.9. The minimum atomic E-state index is -0.208. The molecule has 1 aromatic rings. The summed E-state index contributed by atoms with van der Waals surface area (Å²) >= 11 is 3.22. The van der Waals surface area contributed by atoms with Gasteiger partial charge in [-0.3, -0.25) is 4.79 Å². The molecule has 5 nitrogen and oxygen atoms in total. The number of carbonyl (C=O) groups is 1. The summed E-state index contributed by atoms with van der Waals surface area (Å²) in [6, 6.07) is 5.21. The Bertz CT molecular complexity index is 394. The van der Waals surface area contributed by atoms with Gasteiger partial charge in [0.05, 0.1) is 25.9 Å². The number of halogens is 1. The predicted molar refractivity (Wildman–Crippen MR) is 64.8 cm³/mol. The van der Waals surface area contributed by atoms with Crippen LogP contribution in [0.2, 0.25) is 0 Å². The van der Waals surface area contributed by atoms with Crippen LogP contribution in [-0.2, 0) is 9.47 Å². The third-order valence-electron chi connectivity index (χ3n) is 2.32. The Labute approximate surface area is 108 Å². The van der Waals surface area contributed by atoms with Gasteiger partial charge in [0, 0.05) is 6.54 Å². The Kier molecular flexibility index (Phi) is 4.47. The third-order valence-corrected chi connectivity index (χ3v) is 2.76. The average Bonchev–Trinajstić information content (AvgIpc) is 2.37. The lowest BCUT2D eigenvalue weighted by Gasteiger charge is -2.22. The van der Waals surface area contributed by atoms with Crippen LogP contribution in [0.15, 0.2) is 22.8 Å². The number of carbonyl (C=O) groups excluding carboxylic acids is 1. The van der Waals surface area contributed by atoms with Gasteiger partial charge in [-0.15, -0.1) is 0 Å². The van der Waals surface area contributed by atoms with Crippen molar-refractivity contribution < 1.29 is 14.3 Å². The minimum Gasteiger partial charge on any atom is -0.376 e. The second-order valence-electron chi connectivity index (χ2n) is 3.62. The highest BCUT2D eigenvalue weighted by Gasteiger charge is 2.16. The van der Waals surface area contributed by atoms with Gasteiger partial charge in [0.1, 0.15) is 10.3 Å². The van der Waals surface area contributed by atoms with E-state index in [2.05, 4.69) is 26.2 Å². The molecule has 1 atom stereocenters. The number of nitrogens with one attached hydrogen (secondary N) is 1. The van der Waals surface area contributed by atoms with E-state index in [-0.39, 0.29) is 12.0 Å². The standard InChI is InChI=1S/C11H13BrN2O3/c12-10-3-1-2-9(14-10)11(15)13-6-8-7-16-4-5-17-8/h1-3,8H,4-7H2,(H,13,15). The van der Waals surface area contributed by atoms with E-state index in [0.29, 0.717) is 36.7 Å². The number of hydrogen-bond acceptors (Lipinski definition) is 4. The summed E-state index contributed by atoms with van der Waals surface area (Å²) in [5, 5.41) is 2.77. The van der Waals surface area contributed by atoms with Crippen molar-refractivity contribution in [3.05, 3.63) is 28.5 Å². The fraction of sp³-hybridized carbons (Fsp3) is 0.455. The van der Waals surface area contributed by atoms with Crippen LogP contribution in [0.5, 0.6) is 0 Å². The van der Waals surface area contributed by atoms with E-state index >= 15 is 0 Å².